The van der Waals surface area contributed by atoms with E-state index in [1.165, 1.54) is 43.5 Å². The molecule has 0 saturated carbocycles. The molecule has 0 saturated heterocycles. The van der Waals surface area contributed by atoms with Crippen LogP contribution in [-0.2, 0) is 4.79 Å². The molecule has 1 amide bonds. The van der Waals surface area contributed by atoms with E-state index in [1.807, 2.05) is 0 Å². The number of halogens is 2. The Hall–Kier alpha value is -2.69. The fraction of sp³-hybridized carbons (Fsp3) is 0.118. The topological polar surface area (TPSA) is 38.3 Å². The molecule has 1 N–H and O–H groups in total. The molecule has 22 heavy (non-hydrogen) atoms. The van der Waals surface area contributed by atoms with Gasteiger partial charge in [-0.2, -0.15) is 0 Å². The normalized spacial score (nSPS) is 10.7. The number of hydrogen-bond acceptors (Lipinski definition) is 2. The molecule has 0 aliphatic rings. The fourth-order valence-electron chi connectivity index (χ4n) is 1.87. The second kappa shape index (κ2) is 6.85. The van der Waals surface area contributed by atoms with Crippen LogP contribution in [0.3, 0.4) is 0 Å². The van der Waals surface area contributed by atoms with Gasteiger partial charge in [0.15, 0.2) is 11.6 Å². The maximum absolute atomic E-state index is 13.5. The largest absolute Gasteiger partial charge is 0.494 e. The molecule has 2 aromatic rings. The Balaban J connectivity index is 2.08. The van der Waals surface area contributed by atoms with Crippen LogP contribution in [0.5, 0.6) is 5.75 Å². The Labute approximate surface area is 127 Å². The Morgan fingerprint density at radius 2 is 1.91 bits per heavy atom. The summed E-state index contributed by atoms with van der Waals surface area (Å²) in [5, 5.41) is 2.44. The van der Waals surface area contributed by atoms with Crippen LogP contribution < -0.4 is 10.1 Å². The number of carbonyl (C=O) groups is 1. The third kappa shape index (κ3) is 3.91. The second-order valence-corrected chi connectivity index (χ2v) is 4.70. The van der Waals surface area contributed by atoms with Gasteiger partial charge in [-0.15, -0.1) is 0 Å². The Morgan fingerprint density at radius 1 is 1.14 bits per heavy atom. The molecule has 0 aliphatic carbocycles. The highest BCUT2D eigenvalue weighted by molar-refractivity contribution is 6.02. The molecule has 0 radical (unpaired) electrons. The number of amides is 1. The van der Waals surface area contributed by atoms with Crippen molar-refractivity contribution in [1.29, 1.82) is 0 Å². The van der Waals surface area contributed by atoms with Gasteiger partial charge in [-0.25, -0.2) is 8.78 Å². The van der Waals surface area contributed by atoms with Crippen LogP contribution in [0.1, 0.15) is 11.1 Å². The first-order valence-corrected chi connectivity index (χ1v) is 6.58. The number of ether oxygens (including phenoxy) is 1. The number of hydrogen-bond donors (Lipinski definition) is 1. The van der Waals surface area contributed by atoms with Gasteiger partial charge < -0.3 is 10.1 Å². The molecule has 3 nitrogen and oxygen atoms in total. The summed E-state index contributed by atoms with van der Waals surface area (Å²) in [5.41, 5.74) is 1.44. The van der Waals surface area contributed by atoms with Gasteiger partial charge in [0.05, 0.1) is 12.8 Å². The maximum atomic E-state index is 13.5. The number of carbonyl (C=O) groups excluding carboxylic acids is 1. The van der Waals surface area contributed by atoms with Crippen molar-refractivity contribution >= 4 is 17.7 Å². The molecule has 5 heteroatoms. The first-order chi connectivity index (χ1) is 10.5. The summed E-state index contributed by atoms with van der Waals surface area (Å²) < 4.78 is 31.8. The van der Waals surface area contributed by atoms with E-state index in [2.05, 4.69) is 5.32 Å². The molecule has 0 unspecified atom stereocenters. The van der Waals surface area contributed by atoms with Crippen LogP contribution in [0, 0.1) is 18.6 Å². The number of rotatable bonds is 4. The summed E-state index contributed by atoms with van der Waals surface area (Å²) in [5.74, 6) is -1.40. The van der Waals surface area contributed by atoms with Crippen LogP contribution in [0.25, 0.3) is 6.08 Å². The van der Waals surface area contributed by atoms with Crippen molar-refractivity contribution in [1.82, 2.24) is 0 Å². The first-order valence-electron chi connectivity index (χ1n) is 6.58. The van der Waals surface area contributed by atoms with Gasteiger partial charge in [0, 0.05) is 6.08 Å². The lowest BCUT2D eigenvalue weighted by Crippen LogP contribution is -2.09. The molecule has 0 atom stereocenters. The molecule has 2 rings (SSSR count). The van der Waals surface area contributed by atoms with E-state index in [9.17, 15) is 13.6 Å². The van der Waals surface area contributed by atoms with Crippen LogP contribution in [0.15, 0.2) is 42.5 Å². The number of aryl methyl sites for hydroxylation is 1. The lowest BCUT2D eigenvalue weighted by atomic mass is 10.2. The van der Waals surface area contributed by atoms with E-state index in [0.29, 0.717) is 5.56 Å². The summed E-state index contributed by atoms with van der Waals surface area (Å²) in [7, 11) is 1.37. The zero-order chi connectivity index (χ0) is 16.1. The average molecular weight is 303 g/mol. The summed E-state index contributed by atoms with van der Waals surface area (Å²) in [6.07, 6.45) is 2.65. The Morgan fingerprint density at radius 3 is 2.59 bits per heavy atom. The monoisotopic (exact) mass is 303 g/mol. The molecule has 0 bridgehead atoms. The minimum Gasteiger partial charge on any atom is -0.494 e. The number of anilines is 1. The molecule has 2 aromatic carbocycles. The van der Waals surface area contributed by atoms with Crippen molar-refractivity contribution in [3.63, 3.8) is 0 Å². The van der Waals surface area contributed by atoms with Crippen molar-refractivity contribution in [2.24, 2.45) is 0 Å². The van der Waals surface area contributed by atoms with E-state index in [-0.39, 0.29) is 11.4 Å². The zero-order valence-corrected chi connectivity index (χ0v) is 12.2. The van der Waals surface area contributed by atoms with Gasteiger partial charge in [0.1, 0.15) is 5.82 Å². The lowest BCUT2D eigenvalue weighted by Gasteiger charge is -2.05. The highest BCUT2D eigenvalue weighted by atomic mass is 19.1. The van der Waals surface area contributed by atoms with Gasteiger partial charge in [0.25, 0.3) is 0 Å². The van der Waals surface area contributed by atoms with E-state index < -0.39 is 17.5 Å². The number of methoxy groups -OCH3 is 1. The molecule has 0 spiro atoms. The quantitative estimate of drug-likeness (QED) is 0.869. The average Bonchev–Trinajstić information content (AvgIpc) is 2.49. The fourth-order valence-corrected chi connectivity index (χ4v) is 1.87. The molecule has 0 aromatic heterocycles. The number of nitrogens with one attached hydrogen (secondary N) is 1. The van der Waals surface area contributed by atoms with Crippen LogP contribution >= 0.6 is 0 Å². The lowest BCUT2D eigenvalue weighted by molar-refractivity contribution is -0.111. The summed E-state index contributed by atoms with van der Waals surface area (Å²) in [4.78, 5) is 11.8. The smallest absolute Gasteiger partial charge is 0.248 e. The SMILES string of the molecule is COc1ccc(/C=C/C(=O)Nc2cc(C)ccc2F)cc1F. The minimum absolute atomic E-state index is 0.107. The minimum atomic E-state index is -0.519. The summed E-state index contributed by atoms with van der Waals surface area (Å²) in [6.45, 7) is 1.80. The second-order valence-electron chi connectivity index (χ2n) is 4.70. The van der Waals surface area contributed by atoms with Gasteiger partial charge in [-0.3, -0.25) is 4.79 Å². The van der Waals surface area contributed by atoms with E-state index in [0.717, 1.165) is 5.56 Å². The maximum Gasteiger partial charge on any atom is 0.248 e. The van der Waals surface area contributed by atoms with E-state index in [1.54, 1.807) is 19.1 Å². The molecule has 0 fully saturated rings. The zero-order valence-electron chi connectivity index (χ0n) is 12.2. The standard InChI is InChI=1S/C17H15F2NO2/c1-11-3-6-13(18)15(9-11)20-17(21)8-5-12-4-7-16(22-2)14(19)10-12/h3-10H,1-2H3,(H,20,21)/b8-5+. The Kier molecular flexibility index (Phi) is 4.88. The van der Waals surface area contributed by atoms with Gasteiger partial charge in [-0.05, 0) is 48.4 Å². The number of benzene rings is 2. The summed E-state index contributed by atoms with van der Waals surface area (Å²) in [6, 6.07) is 8.75. The first kappa shape index (κ1) is 15.7. The van der Waals surface area contributed by atoms with Crippen LogP contribution in [0.2, 0.25) is 0 Å². The van der Waals surface area contributed by atoms with Crippen molar-refractivity contribution in [2.75, 3.05) is 12.4 Å². The third-order valence-electron chi connectivity index (χ3n) is 2.98. The van der Waals surface area contributed by atoms with Gasteiger partial charge >= 0.3 is 0 Å². The van der Waals surface area contributed by atoms with E-state index >= 15 is 0 Å². The van der Waals surface area contributed by atoms with Crippen molar-refractivity contribution < 1.29 is 18.3 Å². The predicted molar refractivity (Wildman–Crippen MR) is 81.8 cm³/mol. The molecule has 0 heterocycles. The van der Waals surface area contributed by atoms with Crippen molar-refractivity contribution in [3.8, 4) is 5.75 Å². The molecular weight excluding hydrogens is 288 g/mol. The van der Waals surface area contributed by atoms with Gasteiger partial charge in [-0.1, -0.05) is 12.1 Å². The van der Waals surface area contributed by atoms with Crippen molar-refractivity contribution in [2.45, 2.75) is 6.92 Å². The van der Waals surface area contributed by atoms with Gasteiger partial charge in [0.2, 0.25) is 5.91 Å². The molecular formula is C17H15F2NO2. The third-order valence-corrected chi connectivity index (χ3v) is 2.98. The summed E-state index contributed by atoms with van der Waals surface area (Å²) >= 11 is 0. The Bertz CT molecular complexity index is 727. The van der Waals surface area contributed by atoms with Crippen LogP contribution in [0.4, 0.5) is 14.5 Å². The predicted octanol–water partition coefficient (Wildman–Crippen LogP) is 3.93. The molecule has 114 valence electrons. The highest BCUT2D eigenvalue weighted by Gasteiger charge is 2.05. The molecule has 0 aliphatic heterocycles. The highest BCUT2D eigenvalue weighted by Crippen LogP contribution is 2.19. The van der Waals surface area contributed by atoms with E-state index in [4.69, 9.17) is 4.74 Å². The van der Waals surface area contributed by atoms with Crippen LogP contribution in [-0.4, -0.2) is 13.0 Å². The van der Waals surface area contributed by atoms with Crippen molar-refractivity contribution in [3.05, 3.63) is 65.2 Å².